The summed E-state index contributed by atoms with van der Waals surface area (Å²) in [6.07, 6.45) is 9.37. The highest BCUT2D eigenvalue weighted by Crippen LogP contribution is 2.40. The molecule has 6 nitrogen and oxygen atoms in total. The van der Waals surface area contributed by atoms with Crippen LogP contribution in [0, 0.1) is 18.8 Å². The van der Waals surface area contributed by atoms with Crippen molar-refractivity contribution in [3.05, 3.63) is 23.8 Å². The van der Waals surface area contributed by atoms with E-state index in [2.05, 4.69) is 27.3 Å². The molecule has 4 rings (SSSR count). The van der Waals surface area contributed by atoms with Crippen LogP contribution in [0.2, 0.25) is 0 Å². The Labute approximate surface area is 136 Å². The molecule has 4 atom stereocenters. The van der Waals surface area contributed by atoms with Gasteiger partial charge in [0.25, 0.3) is 0 Å². The molecule has 23 heavy (non-hydrogen) atoms. The molecule has 0 radical (unpaired) electrons. The lowest BCUT2D eigenvalue weighted by Gasteiger charge is -2.34. The summed E-state index contributed by atoms with van der Waals surface area (Å²) in [5.74, 6) is 2.81. The van der Waals surface area contributed by atoms with Crippen LogP contribution in [0.25, 0.3) is 0 Å². The summed E-state index contributed by atoms with van der Waals surface area (Å²) in [5, 5.41) is 7.11. The lowest BCUT2D eigenvalue weighted by Crippen LogP contribution is -2.45. The number of H-pyrrole nitrogens is 1. The highest BCUT2D eigenvalue weighted by molar-refractivity contribution is 5.77. The second-order valence-electron chi connectivity index (χ2n) is 7.04. The molecule has 0 aromatic carbocycles. The van der Waals surface area contributed by atoms with Crippen molar-refractivity contribution < 1.29 is 9.53 Å². The van der Waals surface area contributed by atoms with E-state index >= 15 is 0 Å². The third-order valence-corrected chi connectivity index (χ3v) is 5.36. The molecule has 3 heterocycles. The maximum Gasteiger partial charge on any atom is 0.223 e. The standard InChI is InChI=1S/C17H24N4O2/c1-11-18-17(20-19-11)14-9-13-6-7-21(10-15(13)23-14)16(22)8-12-4-2-3-5-12/h2,4,12-15H,3,5-10H2,1H3,(H,18,19,20)/t12?,13-,14+,15+/m1/s1. The van der Waals surface area contributed by atoms with Gasteiger partial charge in [-0.1, -0.05) is 12.2 Å². The predicted octanol–water partition coefficient (Wildman–Crippen LogP) is 2.15. The summed E-state index contributed by atoms with van der Waals surface area (Å²) >= 11 is 0. The van der Waals surface area contributed by atoms with Gasteiger partial charge in [0.05, 0.1) is 6.10 Å². The van der Waals surface area contributed by atoms with Crippen LogP contribution in [0.15, 0.2) is 12.2 Å². The van der Waals surface area contributed by atoms with E-state index in [4.69, 9.17) is 4.74 Å². The molecule has 1 unspecified atom stereocenters. The number of allylic oxidation sites excluding steroid dienone is 2. The molecule has 0 bridgehead atoms. The lowest BCUT2D eigenvalue weighted by atomic mass is 9.91. The Hall–Kier alpha value is -1.69. The van der Waals surface area contributed by atoms with Gasteiger partial charge in [0.1, 0.15) is 11.9 Å². The molecular weight excluding hydrogens is 292 g/mol. The first-order valence-electron chi connectivity index (χ1n) is 8.68. The largest absolute Gasteiger partial charge is 0.365 e. The number of carbonyl (C=O) groups is 1. The van der Waals surface area contributed by atoms with Gasteiger partial charge in [0, 0.05) is 19.5 Å². The van der Waals surface area contributed by atoms with Crippen molar-refractivity contribution in [2.45, 2.75) is 51.2 Å². The van der Waals surface area contributed by atoms with Crippen LogP contribution in [0.4, 0.5) is 0 Å². The average molecular weight is 316 g/mol. The number of hydrogen-bond donors (Lipinski definition) is 1. The van der Waals surface area contributed by atoms with Crippen LogP contribution in [-0.2, 0) is 9.53 Å². The molecule has 6 heteroatoms. The van der Waals surface area contributed by atoms with Crippen LogP contribution < -0.4 is 0 Å². The number of ether oxygens (including phenoxy) is 1. The van der Waals surface area contributed by atoms with Crippen LogP contribution >= 0.6 is 0 Å². The molecule has 1 amide bonds. The highest BCUT2D eigenvalue weighted by atomic mass is 16.5. The number of rotatable bonds is 3. The molecule has 124 valence electrons. The SMILES string of the molecule is Cc1nc([C@@H]2C[C@H]3CCN(C(=O)CC4C=CCC4)C[C@@H]3O2)n[nH]1. The van der Waals surface area contributed by atoms with Gasteiger partial charge in [0.15, 0.2) is 5.82 Å². The second kappa shape index (κ2) is 6.07. The molecule has 0 saturated carbocycles. The van der Waals surface area contributed by atoms with E-state index in [1.54, 1.807) is 0 Å². The second-order valence-corrected chi connectivity index (χ2v) is 7.04. The van der Waals surface area contributed by atoms with E-state index < -0.39 is 0 Å². The summed E-state index contributed by atoms with van der Waals surface area (Å²) in [6.45, 7) is 3.48. The number of fused-ring (bicyclic) bond motifs is 1. The molecule has 1 aromatic rings. The summed E-state index contributed by atoms with van der Waals surface area (Å²) in [4.78, 5) is 18.9. The molecule has 1 aromatic heterocycles. The zero-order valence-electron chi connectivity index (χ0n) is 13.6. The Morgan fingerprint density at radius 2 is 2.39 bits per heavy atom. The Kier molecular flexibility index (Phi) is 3.93. The maximum atomic E-state index is 12.5. The lowest BCUT2D eigenvalue weighted by molar-refractivity contribution is -0.136. The van der Waals surface area contributed by atoms with Crippen LogP contribution in [-0.4, -0.2) is 45.2 Å². The monoisotopic (exact) mass is 316 g/mol. The fourth-order valence-electron chi connectivity index (χ4n) is 4.05. The number of likely N-dealkylation sites (tertiary alicyclic amines) is 1. The fraction of sp³-hybridized carbons (Fsp3) is 0.706. The zero-order valence-corrected chi connectivity index (χ0v) is 13.6. The normalized spacial score (nSPS) is 33.2. The number of hydrogen-bond acceptors (Lipinski definition) is 4. The Balaban J connectivity index is 1.35. The van der Waals surface area contributed by atoms with Crippen molar-refractivity contribution >= 4 is 5.91 Å². The minimum absolute atomic E-state index is 0.0252. The first kappa shape index (κ1) is 14.9. The Morgan fingerprint density at radius 1 is 1.48 bits per heavy atom. The smallest absolute Gasteiger partial charge is 0.223 e. The third kappa shape index (κ3) is 3.04. The van der Waals surface area contributed by atoms with E-state index in [0.717, 1.165) is 50.4 Å². The number of nitrogens with zero attached hydrogens (tertiary/aromatic N) is 3. The molecule has 2 aliphatic heterocycles. The van der Waals surface area contributed by atoms with Gasteiger partial charge >= 0.3 is 0 Å². The Morgan fingerprint density at radius 3 is 3.13 bits per heavy atom. The van der Waals surface area contributed by atoms with Gasteiger partial charge in [-0.2, -0.15) is 5.10 Å². The number of aromatic nitrogens is 3. The molecule has 0 spiro atoms. The van der Waals surface area contributed by atoms with E-state index in [1.165, 1.54) is 0 Å². The van der Waals surface area contributed by atoms with Crippen LogP contribution in [0.3, 0.4) is 0 Å². The highest BCUT2D eigenvalue weighted by Gasteiger charge is 2.42. The number of aryl methyl sites for hydroxylation is 1. The summed E-state index contributed by atoms with van der Waals surface area (Å²) in [5.41, 5.74) is 0. The molecule has 2 saturated heterocycles. The quantitative estimate of drug-likeness (QED) is 0.867. The summed E-state index contributed by atoms with van der Waals surface area (Å²) < 4.78 is 6.16. The molecule has 1 N–H and O–H groups in total. The van der Waals surface area contributed by atoms with E-state index in [1.807, 2.05) is 11.8 Å². The number of piperidine rings is 1. The minimum atomic E-state index is -0.0252. The predicted molar refractivity (Wildman–Crippen MR) is 84.5 cm³/mol. The molecule has 2 fully saturated rings. The van der Waals surface area contributed by atoms with Gasteiger partial charge in [-0.05, 0) is 44.4 Å². The summed E-state index contributed by atoms with van der Waals surface area (Å²) in [6, 6.07) is 0. The van der Waals surface area contributed by atoms with Crippen molar-refractivity contribution in [1.29, 1.82) is 0 Å². The van der Waals surface area contributed by atoms with Crippen molar-refractivity contribution in [2.24, 2.45) is 11.8 Å². The number of amides is 1. The van der Waals surface area contributed by atoms with E-state index in [0.29, 0.717) is 18.3 Å². The van der Waals surface area contributed by atoms with Gasteiger partial charge in [-0.25, -0.2) is 4.98 Å². The topological polar surface area (TPSA) is 71.1 Å². The van der Waals surface area contributed by atoms with Gasteiger partial charge in [0.2, 0.25) is 5.91 Å². The first-order valence-corrected chi connectivity index (χ1v) is 8.68. The van der Waals surface area contributed by atoms with Crippen molar-refractivity contribution in [1.82, 2.24) is 20.1 Å². The average Bonchev–Trinajstić information content (AvgIpc) is 3.25. The molecular formula is C17H24N4O2. The zero-order chi connectivity index (χ0) is 15.8. The molecule has 1 aliphatic carbocycles. The third-order valence-electron chi connectivity index (χ3n) is 5.36. The van der Waals surface area contributed by atoms with Crippen molar-refractivity contribution in [2.75, 3.05) is 13.1 Å². The number of carbonyl (C=O) groups excluding carboxylic acids is 1. The van der Waals surface area contributed by atoms with Crippen LogP contribution in [0.5, 0.6) is 0 Å². The van der Waals surface area contributed by atoms with Crippen molar-refractivity contribution in [3.8, 4) is 0 Å². The maximum absolute atomic E-state index is 12.5. The fourth-order valence-corrected chi connectivity index (χ4v) is 4.05. The summed E-state index contributed by atoms with van der Waals surface area (Å²) in [7, 11) is 0. The Bertz CT molecular complexity index is 611. The van der Waals surface area contributed by atoms with Gasteiger partial charge in [-0.15, -0.1) is 0 Å². The van der Waals surface area contributed by atoms with E-state index in [-0.39, 0.29) is 18.1 Å². The number of nitrogens with one attached hydrogen (secondary N) is 1. The first-order chi connectivity index (χ1) is 11.2. The minimum Gasteiger partial charge on any atom is -0.365 e. The van der Waals surface area contributed by atoms with E-state index in [9.17, 15) is 4.79 Å². The number of aromatic amines is 1. The van der Waals surface area contributed by atoms with Crippen molar-refractivity contribution in [3.63, 3.8) is 0 Å². The van der Waals surface area contributed by atoms with Crippen LogP contribution in [0.1, 0.15) is 49.9 Å². The van der Waals surface area contributed by atoms with Gasteiger partial charge < -0.3 is 9.64 Å². The molecule has 3 aliphatic rings. The van der Waals surface area contributed by atoms with Gasteiger partial charge in [-0.3, -0.25) is 9.89 Å².